The molecule has 22 heavy (non-hydrogen) atoms. The molecule has 110 valence electrons. The Morgan fingerprint density at radius 3 is 1.05 bits per heavy atom. The number of benzene rings is 3. The van der Waals surface area contributed by atoms with E-state index in [1.54, 1.807) is 0 Å². The van der Waals surface area contributed by atoms with E-state index in [1.165, 1.54) is 17.1 Å². The minimum Gasteiger partial charge on any atom is -0.311 e. The van der Waals surface area contributed by atoms with E-state index in [-0.39, 0.29) is 5.34 Å². The highest BCUT2D eigenvalue weighted by Crippen LogP contribution is 2.33. The predicted octanol–water partition coefficient (Wildman–Crippen LogP) is 3.49. The Kier molecular flexibility index (Phi) is 5.70. The first-order chi connectivity index (χ1) is 10.9. The van der Waals surface area contributed by atoms with Gasteiger partial charge < -0.3 is 4.90 Å². The van der Waals surface area contributed by atoms with Gasteiger partial charge in [0.25, 0.3) is 0 Å². The number of para-hydroxylation sites is 3. The van der Waals surface area contributed by atoms with Crippen molar-refractivity contribution in [2.45, 2.75) is 0 Å². The van der Waals surface area contributed by atoms with Crippen LogP contribution >= 0.6 is 0 Å². The minimum absolute atomic E-state index is 0.250. The van der Waals surface area contributed by atoms with Gasteiger partial charge in [-0.1, -0.05) is 54.6 Å². The first-order valence-corrected chi connectivity index (χ1v) is 6.81. The fourth-order valence-electron chi connectivity index (χ4n) is 2.18. The maximum absolute atomic E-state index is 8.12. The maximum Gasteiger partial charge on any atom is 0.0461 e. The Bertz CT molecular complexity index is 579. The van der Waals surface area contributed by atoms with Crippen molar-refractivity contribution in [1.82, 2.24) is 0 Å². The molecule has 3 rings (SSSR count). The molecule has 0 heterocycles. The van der Waals surface area contributed by atoms with Gasteiger partial charge in [0.2, 0.25) is 0 Å². The lowest BCUT2D eigenvalue weighted by atomic mass is 10.2. The van der Waals surface area contributed by atoms with E-state index in [1.807, 2.05) is 18.2 Å². The van der Waals surface area contributed by atoms with Crippen LogP contribution in [0.1, 0.15) is 0 Å². The summed E-state index contributed by atoms with van der Waals surface area (Å²) in [7, 11) is 0. The maximum atomic E-state index is 8.12. The van der Waals surface area contributed by atoms with Gasteiger partial charge in [0, 0.05) is 22.4 Å². The first-order valence-electron chi connectivity index (χ1n) is 6.81. The summed E-state index contributed by atoms with van der Waals surface area (Å²) in [4.78, 5) is 10.4. The summed E-state index contributed by atoms with van der Waals surface area (Å²) >= 11 is 0. The summed E-state index contributed by atoms with van der Waals surface area (Å²) in [6, 6.07) is 31.3. The van der Waals surface area contributed by atoms with Crippen LogP contribution in [0.2, 0.25) is 0 Å². The van der Waals surface area contributed by atoms with Crippen LogP contribution in [-0.2, 0) is 0 Å². The molecule has 0 aromatic heterocycles. The quantitative estimate of drug-likeness (QED) is 0.594. The molecule has 0 unspecified atom stereocenters. The van der Waals surface area contributed by atoms with Gasteiger partial charge in [-0.3, -0.25) is 10.1 Å². The predicted molar refractivity (Wildman–Crippen MR) is 88.8 cm³/mol. The van der Waals surface area contributed by atoms with Gasteiger partial charge in [0.05, 0.1) is 0 Å². The molecule has 0 aliphatic heterocycles. The lowest BCUT2D eigenvalue weighted by Gasteiger charge is -2.25. The summed E-state index contributed by atoms with van der Waals surface area (Å²) < 4.78 is 0. The van der Waals surface area contributed by atoms with Crippen LogP contribution in [0.3, 0.4) is 0 Å². The van der Waals surface area contributed by atoms with E-state index in [4.69, 9.17) is 10.1 Å². The summed E-state index contributed by atoms with van der Waals surface area (Å²) in [6.07, 6.45) is 0. The molecular formula is C18H16N2O2. The molecule has 4 heteroatoms. The Morgan fingerprint density at radius 1 is 0.591 bits per heavy atom. The van der Waals surface area contributed by atoms with E-state index < -0.39 is 0 Å². The van der Waals surface area contributed by atoms with Gasteiger partial charge in [0.1, 0.15) is 0 Å². The highest BCUT2D eigenvalue weighted by Gasteiger charge is 2.10. The molecule has 3 aromatic rings. The van der Waals surface area contributed by atoms with Gasteiger partial charge in [0.15, 0.2) is 0 Å². The van der Waals surface area contributed by atoms with Gasteiger partial charge in [-0.25, -0.2) is 0 Å². The SMILES string of the molecule is O=[NH+][O-].c1ccc(N(c2ccccc2)c2ccccc2)cc1. The van der Waals surface area contributed by atoms with Crippen molar-refractivity contribution in [2.24, 2.45) is 0 Å². The highest BCUT2D eigenvalue weighted by molar-refractivity contribution is 5.76. The molecule has 0 radical (unpaired) electrons. The van der Waals surface area contributed by atoms with Crippen molar-refractivity contribution >= 4 is 17.1 Å². The Hall–Kier alpha value is -3.14. The van der Waals surface area contributed by atoms with Crippen LogP contribution in [0.4, 0.5) is 17.1 Å². The zero-order valence-corrected chi connectivity index (χ0v) is 11.9. The van der Waals surface area contributed by atoms with E-state index >= 15 is 0 Å². The fraction of sp³-hybridized carbons (Fsp3) is 0. The van der Waals surface area contributed by atoms with Crippen LogP contribution in [0.25, 0.3) is 0 Å². The number of hydrogen-bond donors (Lipinski definition) is 1. The molecule has 0 fully saturated rings. The number of hydrogen-bond acceptors (Lipinski definition) is 3. The molecule has 3 aromatic carbocycles. The summed E-state index contributed by atoms with van der Waals surface area (Å²) in [5.41, 5.74) is 3.50. The molecule has 0 atom stereocenters. The van der Waals surface area contributed by atoms with Crippen LogP contribution in [0.15, 0.2) is 91.0 Å². The second-order valence-electron chi connectivity index (χ2n) is 4.43. The van der Waals surface area contributed by atoms with Gasteiger partial charge >= 0.3 is 0 Å². The first kappa shape index (κ1) is 15.3. The minimum atomic E-state index is 0.250. The molecule has 1 N–H and O–H groups in total. The largest absolute Gasteiger partial charge is 0.311 e. The fourth-order valence-corrected chi connectivity index (χ4v) is 2.18. The van der Waals surface area contributed by atoms with Gasteiger partial charge in [-0.2, -0.15) is 0 Å². The van der Waals surface area contributed by atoms with Crippen molar-refractivity contribution in [1.29, 1.82) is 0 Å². The highest BCUT2D eigenvalue weighted by atomic mass is 16.6. The monoisotopic (exact) mass is 292 g/mol. The molecule has 0 spiro atoms. The molecular weight excluding hydrogens is 276 g/mol. The van der Waals surface area contributed by atoms with Crippen LogP contribution in [-0.4, -0.2) is 0 Å². The normalized spacial score (nSPS) is 9.27. The number of rotatable bonds is 3. The standard InChI is InChI=1S/C18H15N.HNO2/c1-4-10-16(11-5-1)19(17-12-6-2-7-13-17)18-14-8-3-9-15-18;2-1-3/h1-15H;1H. The summed E-state index contributed by atoms with van der Waals surface area (Å²) in [5.74, 6) is 0. The third-order valence-corrected chi connectivity index (χ3v) is 3.04. The van der Waals surface area contributed by atoms with Crippen LogP contribution in [0.5, 0.6) is 0 Å². The number of nitrogens with zero attached hydrogens (tertiary/aromatic N) is 1. The zero-order chi connectivity index (χ0) is 15.6. The second kappa shape index (κ2) is 8.21. The van der Waals surface area contributed by atoms with Crippen LogP contribution < -0.4 is 10.2 Å². The Labute approximate surface area is 129 Å². The van der Waals surface area contributed by atoms with Crippen molar-refractivity contribution in [3.63, 3.8) is 0 Å². The number of anilines is 3. The third kappa shape index (κ3) is 3.93. The molecule has 0 amide bonds. The average Bonchev–Trinajstić information content (AvgIpc) is 2.59. The third-order valence-electron chi connectivity index (χ3n) is 3.04. The molecule has 0 saturated heterocycles. The van der Waals surface area contributed by atoms with E-state index in [9.17, 15) is 0 Å². The van der Waals surface area contributed by atoms with Crippen molar-refractivity contribution in [3.8, 4) is 0 Å². The van der Waals surface area contributed by atoms with Gasteiger partial charge in [-0.05, 0) is 36.4 Å². The van der Waals surface area contributed by atoms with Gasteiger partial charge in [-0.15, -0.1) is 0 Å². The van der Waals surface area contributed by atoms with E-state index in [0.717, 1.165) is 0 Å². The second-order valence-corrected chi connectivity index (χ2v) is 4.43. The molecule has 0 bridgehead atoms. The van der Waals surface area contributed by atoms with Crippen molar-refractivity contribution in [3.05, 3.63) is 101 Å². The molecule has 0 saturated carbocycles. The lowest BCUT2D eigenvalue weighted by Crippen LogP contribution is -2.53. The molecule has 4 nitrogen and oxygen atoms in total. The van der Waals surface area contributed by atoms with Crippen molar-refractivity contribution < 1.29 is 5.34 Å². The average molecular weight is 292 g/mol. The van der Waals surface area contributed by atoms with Crippen molar-refractivity contribution in [2.75, 3.05) is 4.90 Å². The topological polar surface area (TPSA) is 57.3 Å². The van der Waals surface area contributed by atoms with E-state index in [0.29, 0.717) is 0 Å². The smallest absolute Gasteiger partial charge is 0.0461 e. The number of nitrogens with one attached hydrogen (secondary N) is 1. The molecule has 0 aliphatic rings. The van der Waals surface area contributed by atoms with Crippen LogP contribution in [0, 0.1) is 10.1 Å². The summed E-state index contributed by atoms with van der Waals surface area (Å²) in [5, 5.41) is 8.38. The summed E-state index contributed by atoms with van der Waals surface area (Å²) in [6.45, 7) is 0. The lowest BCUT2D eigenvalue weighted by molar-refractivity contribution is -0.398. The van der Waals surface area contributed by atoms with E-state index in [2.05, 4.69) is 77.7 Å². The molecule has 0 aliphatic carbocycles. The Morgan fingerprint density at radius 2 is 0.818 bits per heavy atom. The Balaban J connectivity index is 0.000000545. The zero-order valence-electron chi connectivity index (χ0n) is 11.9.